The first kappa shape index (κ1) is 5.32. The Kier molecular flexibility index (Phi) is 1.88. The largest absolute Gasteiger partial charge is 0.327 e. The van der Waals surface area contributed by atoms with Crippen molar-refractivity contribution >= 4 is 10.4 Å². The molecule has 1 heterocycles. The van der Waals surface area contributed by atoms with E-state index in [1.54, 1.807) is 0 Å². The van der Waals surface area contributed by atoms with Crippen molar-refractivity contribution in [1.29, 1.82) is 0 Å². The lowest BCUT2D eigenvalue weighted by Gasteiger charge is -2.20. The van der Waals surface area contributed by atoms with Crippen LogP contribution < -0.4 is 0 Å². The van der Waals surface area contributed by atoms with Gasteiger partial charge in [0.05, 0.1) is 0 Å². The van der Waals surface area contributed by atoms with E-state index in [9.17, 15) is 0 Å². The van der Waals surface area contributed by atoms with Gasteiger partial charge < -0.3 is 4.57 Å². The molecule has 1 rings (SSSR count). The van der Waals surface area contributed by atoms with Crippen LogP contribution in [0.2, 0.25) is 0 Å². The molecule has 1 saturated heterocycles. The smallest absolute Gasteiger partial charge is 0.143 e. The molecule has 0 unspecified atom stereocenters. The van der Waals surface area contributed by atoms with Crippen LogP contribution in [-0.4, -0.2) is 28.1 Å². The third-order valence-corrected chi connectivity index (χ3v) is 1.80. The molecule has 0 atom stereocenters. The van der Waals surface area contributed by atoms with Crippen LogP contribution >= 0.6 is 0 Å². The van der Waals surface area contributed by atoms with Crippen LogP contribution in [0, 0.1) is 0 Å². The molecule has 1 aliphatic heterocycles. The Morgan fingerprint density at radius 1 is 1.00 bits per heavy atom. The van der Waals surface area contributed by atoms with E-state index in [0.29, 0.717) is 0 Å². The molecule has 0 saturated carbocycles. The molecule has 1 fully saturated rings. The summed E-state index contributed by atoms with van der Waals surface area (Å²) in [6.07, 6.45) is 4.15. The summed E-state index contributed by atoms with van der Waals surface area (Å²) in [5.74, 6) is 0. The summed E-state index contributed by atoms with van der Waals surface area (Å²) in [6.45, 7) is 2.47. The molecule has 0 aromatic carbocycles. The molecule has 7 heavy (non-hydrogen) atoms. The first-order chi connectivity index (χ1) is 3.39. The van der Waals surface area contributed by atoms with Crippen LogP contribution in [0.3, 0.4) is 0 Å². The summed E-state index contributed by atoms with van der Waals surface area (Å²) >= 11 is 0. The van der Waals surface area contributed by atoms with Gasteiger partial charge in [-0.2, -0.15) is 0 Å². The molecule has 0 N–H and O–H groups in total. The Morgan fingerprint density at radius 3 is 1.86 bits per heavy atom. The molecular formula is C5H10NSi. The topological polar surface area (TPSA) is 3.24 Å². The van der Waals surface area contributed by atoms with Gasteiger partial charge in [-0.3, -0.25) is 0 Å². The highest BCUT2D eigenvalue weighted by Crippen LogP contribution is 2.04. The Balaban J connectivity index is 2.12. The molecule has 1 aliphatic rings. The molecule has 3 radical (unpaired) electrons. The number of hydrogen-bond acceptors (Lipinski definition) is 1. The maximum atomic E-state index is 3.47. The van der Waals surface area contributed by atoms with Gasteiger partial charge in [0, 0.05) is 0 Å². The average molecular weight is 112 g/mol. The number of nitrogens with zero attached hydrogens (tertiary/aromatic N) is 1. The van der Waals surface area contributed by atoms with Crippen molar-refractivity contribution in [2.45, 2.75) is 19.3 Å². The first-order valence-corrected chi connectivity index (χ1v) is 3.30. The first-order valence-electron chi connectivity index (χ1n) is 2.86. The van der Waals surface area contributed by atoms with Gasteiger partial charge in [-0.1, -0.05) is 6.42 Å². The summed E-state index contributed by atoms with van der Waals surface area (Å²) in [5, 5.41) is 0. The van der Waals surface area contributed by atoms with Gasteiger partial charge in [0.1, 0.15) is 10.4 Å². The summed E-state index contributed by atoms with van der Waals surface area (Å²) in [7, 11) is 3.47. The fraction of sp³-hybridized carbons (Fsp3) is 1.00. The van der Waals surface area contributed by atoms with Crippen LogP contribution in [0.25, 0.3) is 0 Å². The minimum absolute atomic E-state index is 1.23. The second kappa shape index (κ2) is 2.48. The van der Waals surface area contributed by atoms with Gasteiger partial charge in [0.25, 0.3) is 0 Å². The fourth-order valence-corrected chi connectivity index (χ4v) is 1.21. The van der Waals surface area contributed by atoms with E-state index in [1.165, 1.54) is 32.4 Å². The van der Waals surface area contributed by atoms with Gasteiger partial charge in [-0.25, -0.2) is 0 Å². The van der Waals surface area contributed by atoms with Crippen LogP contribution in [-0.2, 0) is 0 Å². The van der Waals surface area contributed by atoms with E-state index in [2.05, 4.69) is 15.0 Å². The third-order valence-electron chi connectivity index (χ3n) is 1.36. The summed E-state index contributed by atoms with van der Waals surface area (Å²) in [6, 6.07) is 0. The average Bonchev–Trinajstić information content (AvgIpc) is 1.69. The van der Waals surface area contributed by atoms with Gasteiger partial charge in [-0.15, -0.1) is 0 Å². The molecule has 0 aliphatic carbocycles. The van der Waals surface area contributed by atoms with Gasteiger partial charge >= 0.3 is 0 Å². The van der Waals surface area contributed by atoms with Gasteiger partial charge in [0.2, 0.25) is 0 Å². The van der Waals surface area contributed by atoms with Crippen molar-refractivity contribution < 1.29 is 0 Å². The zero-order chi connectivity index (χ0) is 5.11. The highest BCUT2D eigenvalue weighted by atomic mass is 28.2. The zero-order valence-electron chi connectivity index (χ0n) is 4.48. The molecule has 0 aromatic rings. The second-order valence-corrected chi connectivity index (χ2v) is 2.68. The minimum Gasteiger partial charge on any atom is -0.327 e. The molecule has 39 valence electrons. The van der Waals surface area contributed by atoms with Gasteiger partial charge in [-0.05, 0) is 25.9 Å². The molecule has 1 nitrogen and oxygen atoms in total. The Labute approximate surface area is 48.2 Å². The van der Waals surface area contributed by atoms with Crippen LogP contribution in [0.1, 0.15) is 19.3 Å². The Morgan fingerprint density at radius 2 is 1.57 bits per heavy atom. The molecule has 2 heteroatoms. The van der Waals surface area contributed by atoms with Crippen molar-refractivity contribution in [2.24, 2.45) is 0 Å². The lowest BCUT2D eigenvalue weighted by molar-refractivity contribution is 0.367. The highest BCUT2D eigenvalue weighted by Gasteiger charge is 2.02. The van der Waals surface area contributed by atoms with E-state index in [4.69, 9.17) is 0 Å². The minimum atomic E-state index is 1.23. The van der Waals surface area contributed by atoms with E-state index in [1.807, 2.05) is 0 Å². The van der Waals surface area contributed by atoms with E-state index >= 15 is 0 Å². The van der Waals surface area contributed by atoms with Crippen molar-refractivity contribution in [1.82, 2.24) is 4.57 Å². The Bertz CT molecular complexity index is 50.0. The van der Waals surface area contributed by atoms with Crippen molar-refractivity contribution in [3.8, 4) is 0 Å². The van der Waals surface area contributed by atoms with E-state index < -0.39 is 0 Å². The lowest BCUT2D eigenvalue weighted by Crippen LogP contribution is -2.26. The zero-order valence-corrected chi connectivity index (χ0v) is 5.48. The highest BCUT2D eigenvalue weighted by molar-refractivity contribution is 6.04. The third kappa shape index (κ3) is 1.61. The summed E-state index contributed by atoms with van der Waals surface area (Å²) in [5.41, 5.74) is 0. The lowest BCUT2D eigenvalue weighted by atomic mass is 10.2. The SMILES string of the molecule is [Si]N1CCCCC1. The quantitative estimate of drug-likeness (QED) is 0.414. The predicted octanol–water partition coefficient (Wildman–Crippen LogP) is 0.556. The number of rotatable bonds is 0. The molecule has 0 spiro atoms. The van der Waals surface area contributed by atoms with Gasteiger partial charge in [0.15, 0.2) is 0 Å². The predicted molar refractivity (Wildman–Crippen MR) is 31.2 cm³/mol. The van der Waals surface area contributed by atoms with Crippen LogP contribution in [0.5, 0.6) is 0 Å². The van der Waals surface area contributed by atoms with E-state index in [-0.39, 0.29) is 0 Å². The Hall–Kier alpha value is 0.177. The van der Waals surface area contributed by atoms with Crippen molar-refractivity contribution in [3.05, 3.63) is 0 Å². The molecule has 0 amide bonds. The van der Waals surface area contributed by atoms with Crippen molar-refractivity contribution in [3.63, 3.8) is 0 Å². The van der Waals surface area contributed by atoms with Crippen molar-refractivity contribution in [2.75, 3.05) is 13.1 Å². The van der Waals surface area contributed by atoms with Crippen LogP contribution in [0.4, 0.5) is 0 Å². The summed E-state index contributed by atoms with van der Waals surface area (Å²) < 4.78 is 2.20. The molecule has 0 bridgehead atoms. The standard InChI is InChI=1S/C5H10NSi/c7-6-4-2-1-3-5-6/h1-5H2. The van der Waals surface area contributed by atoms with Crippen LogP contribution in [0.15, 0.2) is 0 Å². The molecule has 0 aromatic heterocycles. The number of hydrogen-bond donors (Lipinski definition) is 0. The summed E-state index contributed by atoms with van der Waals surface area (Å²) in [4.78, 5) is 0. The fourth-order valence-electron chi connectivity index (χ4n) is 0.894. The normalized spacial score (nSPS) is 25.3. The maximum absolute atomic E-state index is 3.47. The second-order valence-electron chi connectivity index (χ2n) is 2.05. The maximum Gasteiger partial charge on any atom is 0.143 e. The monoisotopic (exact) mass is 112 g/mol. The number of piperidine rings is 1. The van der Waals surface area contributed by atoms with E-state index in [0.717, 1.165) is 0 Å². The molecular weight excluding hydrogens is 102 g/mol.